The Morgan fingerprint density at radius 1 is 1.26 bits per heavy atom. The molecule has 27 heavy (non-hydrogen) atoms. The highest BCUT2D eigenvalue weighted by atomic mass is 16.6. The van der Waals surface area contributed by atoms with Crippen molar-refractivity contribution in [2.24, 2.45) is 0 Å². The van der Waals surface area contributed by atoms with Gasteiger partial charge in [0, 0.05) is 44.6 Å². The molecule has 1 aromatic rings. The molecule has 0 aliphatic carbocycles. The van der Waals surface area contributed by atoms with Crippen LogP contribution >= 0.6 is 0 Å². The quantitative estimate of drug-likeness (QED) is 0.756. The average molecular weight is 375 g/mol. The molecule has 1 aromatic carbocycles. The van der Waals surface area contributed by atoms with Crippen LogP contribution in [-0.4, -0.2) is 86.2 Å². The first-order valence-electron chi connectivity index (χ1n) is 9.45. The molecule has 148 valence electrons. The molecule has 2 heterocycles. The lowest BCUT2D eigenvalue weighted by Gasteiger charge is -2.37. The number of piperidine rings is 1. The lowest BCUT2D eigenvalue weighted by Crippen LogP contribution is -2.49. The number of hydrogen-bond acceptors (Lipinski definition) is 5. The van der Waals surface area contributed by atoms with Gasteiger partial charge in [-0.05, 0) is 20.2 Å². The molecule has 7 heteroatoms. The molecule has 2 amide bonds. The van der Waals surface area contributed by atoms with Crippen LogP contribution in [0, 0.1) is 0 Å². The van der Waals surface area contributed by atoms with Gasteiger partial charge in [-0.1, -0.05) is 18.2 Å². The summed E-state index contributed by atoms with van der Waals surface area (Å²) in [6.45, 7) is 3.33. The highest BCUT2D eigenvalue weighted by Gasteiger charge is 2.47. The van der Waals surface area contributed by atoms with Crippen LogP contribution in [0.4, 0.5) is 4.79 Å². The van der Waals surface area contributed by atoms with E-state index in [1.807, 2.05) is 43.3 Å². The number of nitrogens with zero attached hydrogens (tertiary/aromatic N) is 3. The molecule has 0 unspecified atom stereocenters. The number of carbonyl (C=O) groups is 2. The van der Waals surface area contributed by atoms with Crippen LogP contribution in [-0.2, 0) is 16.0 Å². The molecule has 0 radical (unpaired) electrons. The van der Waals surface area contributed by atoms with Crippen molar-refractivity contribution in [1.82, 2.24) is 14.7 Å². The fourth-order valence-corrected chi connectivity index (χ4v) is 3.73. The van der Waals surface area contributed by atoms with Gasteiger partial charge in [0.25, 0.3) is 0 Å². The van der Waals surface area contributed by atoms with Crippen molar-refractivity contribution >= 4 is 12.0 Å². The van der Waals surface area contributed by atoms with Crippen molar-refractivity contribution in [1.29, 1.82) is 0 Å². The van der Waals surface area contributed by atoms with Gasteiger partial charge in [0.15, 0.2) is 0 Å². The molecule has 2 saturated heterocycles. The van der Waals surface area contributed by atoms with E-state index in [9.17, 15) is 9.59 Å². The molecule has 0 bridgehead atoms. The van der Waals surface area contributed by atoms with Crippen molar-refractivity contribution in [2.45, 2.75) is 24.9 Å². The van der Waals surface area contributed by atoms with Gasteiger partial charge in [0.1, 0.15) is 11.4 Å². The summed E-state index contributed by atoms with van der Waals surface area (Å²) in [5.41, 5.74) is 0.456. The lowest BCUT2D eigenvalue weighted by molar-refractivity contribution is -0.133. The number of amides is 2. The fraction of sp³-hybridized carbons (Fsp3) is 0.600. The van der Waals surface area contributed by atoms with Crippen LogP contribution in [0.2, 0.25) is 0 Å². The van der Waals surface area contributed by atoms with Crippen LogP contribution in [0.15, 0.2) is 24.3 Å². The number of methoxy groups -OCH3 is 1. The fourth-order valence-electron chi connectivity index (χ4n) is 3.73. The van der Waals surface area contributed by atoms with E-state index < -0.39 is 5.60 Å². The summed E-state index contributed by atoms with van der Waals surface area (Å²) in [5, 5.41) is 0. The number of carbonyl (C=O) groups excluding carboxylic acids is 2. The minimum atomic E-state index is -0.440. The Kier molecular flexibility index (Phi) is 5.89. The summed E-state index contributed by atoms with van der Waals surface area (Å²) in [6.07, 6.45) is 1.47. The molecule has 0 N–H and O–H groups in total. The molecule has 0 atom stereocenters. The number of ether oxygens (including phenoxy) is 2. The number of likely N-dealkylation sites (tertiary alicyclic amines) is 1. The Labute approximate surface area is 160 Å². The molecule has 0 aromatic heterocycles. The number of para-hydroxylation sites is 1. The number of rotatable bonds is 6. The normalized spacial score (nSPS) is 18.9. The van der Waals surface area contributed by atoms with Gasteiger partial charge in [0.2, 0.25) is 5.91 Å². The van der Waals surface area contributed by atoms with Crippen molar-refractivity contribution in [3.63, 3.8) is 0 Å². The molecular weight excluding hydrogens is 346 g/mol. The Bertz CT molecular complexity index is 684. The summed E-state index contributed by atoms with van der Waals surface area (Å²) in [7, 11) is 5.59. The van der Waals surface area contributed by atoms with Crippen molar-refractivity contribution in [3.8, 4) is 5.75 Å². The van der Waals surface area contributed by atoms with Crippen molar-refractivity contribution in [2.75, 3.05) is 53.9 Å². The van der Waals surface area contributed by atoms with Gasteiger partial charge in [0.05, 0.1) is 20.1 Å². The van der Waals surface area contributed by atoms with Gasteiger partial charge >= 0.3 is 6.09 Å². The smallest absolute Gasteiger partial charge is 0.410 e. The van der Waals surface area contributed by atoms with Crippen molar-refractivity contribution in [3.05, 3.63) is 29.8 Å². The second-order valence-electron chi connectivity index (χ2n) is 7.65. The SMILES string of the molecule is COc1ccccc1CC(=O)N1CCC2(CC1)CN(CCN(C)C)C(=O)O2. The summed E-state index contributed by atoms with van der Waals surface area (Å²) in [6, 6.07) is 7.60. The van der Waals surface area contributed by atoms with E-state index in [0.29, 0.717) is 45.4 Å². The van der Waals surface area contributed by atoms with E-state index in [4.69, 9.17) is 9.47 Å². The first-order chi connectivity index (χ1) is 12.9. The first kappa shape index (κ1) is 19.5. The molecule has 2 aliphatic rings. The Morgan fingerprint density at radius 2 is 1.96 bits per heavy atom. The van der Waals surface area contributed by atoms with E-state index in [-0.39, 0.29) is 12.0 Å². The predicted octanol–water partition coefficient (Wildman–Crippen LogP) is 1.61. The van der Waals surface area contributed by atoms with E-state index >= 15 is 0 Å². The molecule has 7 nitrogen and oxygen atoms in total. The standard InChI is InChI=1S/C20H29N3O4/c1-21(2)12-13-23-15-20(27-19(23)25)8-10-22(11-9-20)18(24)14-16-6-4-5-7-17(16)26-3/h4-7H,8-15H2,1-3H3. The van der Waals surface area contributed by atoms with Gasteiger partial charge < -0.3 is 24.2 Å². The topological polar surface area (TPSA) is 62.3 Å². The second kappa shape index (κ2) is 8.17. The molecule has 1 spiro atoms. The second-order valence-corrected chi connectivity index (χ2v) is 7.65. The summed E-state index contributed by atoms with van der Waals surface area (Å²) >= 11 is 0. The Morgan fingerprint density at radius 3 is 2.63 bits per heavy atom. The van der Waals surface area contributed by atoms with Gasteiger partial charge in [-0.2, -0.15) is 0 Å². The monoisotopic (exact) mass is 375 g/mol. The van der Waals surface area contributed by atoms with E-state index in [1.165, 1.54) is 0 Å². The maximum atomic E-state index is 12.7. The van der Waals surface area contributed by atoms with E-state index in [0.717, 1.165) is 17.9 Å². The third kappa shape index (κ3) is 4.53. The largest absolute Gasteiger partial charge is 0.496 e. The number of hydrogen-bond donors (Lipinski definition) is 0. The van der Waals surface area contributed by atoms with E-state index in [2.05, 4.69) is 4.90 Å². The van der Waals surface area contributed by atoms with Crippen LogP contribution in [0.25, 0.3) is 0 Å². The molecule has 0 saturated carbocycles. The van der Waals surface area contributed by atoms with Crippen molar-refractivity contribution < 1.29 is 19.1 Å². The van der Waals surface area contributed by atoms with Crippen LogP contribution in [0.1, 0.15) is 18.4 Å². The summed E-state index contributed by atoms with van der Waals surface area (Å²) in [5.74, 6) is 0.823. The zero-order valence-corrected chi connectivity index (χ0v) is 16.4. The van der Waals surface area contributed by atoms with Gasteiger partial charge in [-0.3, -0.25) is 4.79 Å². The van der Waals surface area contributed by atoms with Crippen LogP contribution < -0.4 is 4.74 Å². The van der Waals surface area contributed by atoms with Gasteiger partial charge in [-0.25, -0.2) is 4.79 Å². The third-order valence-electron chi connectivity index (χ3n) is 5.42. The summed E-state index contributed by atoms with van der Waals surface area (Å²) in [4.78, 5) is 30.6. The Hall–Kier alpha value is -2.28. The minimum Gasteiger partial charge on any atom is -0.496 e. The maximum Gasteiger partial charge on any atom is 0.410 e. The number of benzene rings is 1. The van der Waals surface area contributed by atoms with Gasteiger partial charge in [-0.15, -0.1) is 0 Å². The zero-order valence-electron chi connectivity index (χ0n) is 16.4. The minimum absolute atomic E-state index is 0.0862. The van der Waals surface area contributed by atoms with Crippen LogP contribution in [0.3, 0.4) is 0 Å². The molecule has 2 fully saturated rings. The van der Waals surface area contributed by atoms with Crippen LogP contribution in [0.5, 0.6) is 5.75 Å². The third-order valence-corrected chi connectivity index (χ3v) is 5.42. The van der Waals surface area contributed by atoms with E-state index in [1.54, 1.807) is 12.0 Å². The maximum absolute atomic E-state index is 12.7. The highest BCUT2D eigenvalue weighted by molar-refractivity contribution is 5.79. The first-order valence-corrected chi connectivity index (χ1v) is 9.45. The lowest BCUT2D eigenvalue weighted by atomic mass is 9.91. The molecule has 2 aliphatic heterocycles. The summed E-state index contributed by atoms with van der Waals surface area (Å²) < 4.78 is 11.1. The highest BCUT2D eigenvalue weighted by Crippen LogP contribution is 2.33. The Balaban J connectivity index is 1.54. The zero-order chi connectivity index (χ0) is 19.4. The molecule has 3 rings (SSSR count). The molecular formula is C20H29N3O4. The number of likely N-dealkylation sites (N-methyl/N-ethyl adjacent to an activating group) is 1. The average Bonchev–Trinajstić information content (AvgIpc) is 2.96. The predicted molar refractivity (Wildman–Crippen MR) is 102 cm³/mol.